The fourth-order valence-corrected chi connectivity index (χ4v) is 1.32. The topological polar surface area (TPSA) is 33.1 Å². The summed E-state index contributed by atoms with van der Waals surface area (Å²) in [4.78, 5) is 3.43. The Morgan fingerprint density at radius 1 is 1.50 bits per heavy atom. The fraction of sp³-hybridized carbons (Fsp3) is 0.375. The van der Waals surface area contributed by atoms with Gasteiger partial charge in [0, 0.05) is 11.1 Å². The van der Waals surface area contributed by atoms with Crippen molar-refractivity contribution >= 4 is 11.6 Å². The van der Waals surface area contributed by atoms with Crippen molar-refractivity contribution in [1.82, 2.24) is 4.98 Å². The van der Waals surface area contributed by atoms with Crippen molar-refractivity contribution < 1.29 is 18.3 Å². The van der Waals surface area contributed by atoms with E-state index in [0.29, 0.717) is 0 Å². The second-order valence-electron chi connectivity index (χ2n) is 2.54. The summed E-state index contributed by atoms with van der Waals surface area (Å²) in [6.45, 7) is -0.794. The van der Waals surface area contributed by atoms with E-state index in [1.165, 1.54) is 0 Å². The molecular weight excluding hydrogens is 219 g/mol. The summed E-state index contributed by atoms with van der Waals surface area (Å²) in [5.41, 5.74) is -1.15. The Bertz CT molecular complexity index is 333. The second kappa shape index (κ2) is 4.61. The first-order valence-corrected chi connectivity index (χ1v) is 4.26. The van der Waals surface area contributed by atoms with Crippen LogP contribution in [-0.2, 0) is 12.5 Å². The highest BCUT2D eigenvalue weighted by Gasteiger charge is 2.21. The van der Waals surface area contributed by atoms with E-state index in [1.54, 1.807) is 0 Å². The number of hydrogen-bond donors (Lipinski definition) is 1. The normalized spacial score (nSPS) is 11.0. The van der Waals surface area contributed by atoms with E-state index < -0.39 is 30.0 Å². The minimum Gasteiger partial charge on any atom is -0.392 e. The van der Waals surface area contributed by atoms with Crippen LogP contribution in [0.4, 0.5) is 13.2 Å². The maximum absolute atomic E-state index is 12.9. The van der Waals surface area contributed by atoms with Crippen molar-refractivity contribution in [2.75, 3.05) is 0 Å². The average molecular weight is 226 g/mol. The highest BCUT2D eigenvalue weighted by Crippen LogP contribution is 2.28. The summed E-state index contributed by atoms with van der Waals surface area (Å²) in [7, 11) is 0. The number of pyridine rings is 1. The first kappa shape index (κ1) is 11.3. The van der Waals surface area contributed by atoms with Crippen molar-refractivity contribution in [2.24, 2.45) is 0 Å². The molecule has 0 saturated heterocycles. The van der Waals surface area contributed by atoms with Crippen LogP contribution >= 0.6 is 11.6 Å². The monoisotopic (exact) mass is 225 g/mol. The van der Waals surface area contributed by atoms with Crippen LogP contribution in [0.15, 0.2) is 6.20 Å². The molecule has 1 N–H and O–H groups in total. The van der Waals surface area contributed by atoms with Crippen LogP contribution < -0.4 is 0 Å². The first-order valence-electron chi connectivity index (χ1n) is 3.73. The molecule has 0 unspecified atom stereocenters. The fourth-order valence-electron chi connectivity index (χ4n) is 1.11. The quantitative estimate of drug-likeness (QED) is 0.802. The van der Waals surface area contributed by atoms with Gasteiger partial charge in [-0.05, 0) is 0 Å². The van der Waals surface area contributed by atoms with Crippen LogP contribution in [0.2, 0.25) is 0 Å². The lowest BCUT2D eigenvalue weighted by molar-refractivity contribution is 0.144. The Morgan fingerprint density at radius 3 is 2.57 bits per heavy atom. The Labute approximate surface area is 83.3 Å². The summed E-state index contributed by atoms with van der Waals surface area (Å²) in [6, 6.07) is 0. The molecule has 1 heterocycles. The number of alkyl halides is 3. The van der Waals surface area contributed by atoms with E-state index in [-0.39, 0.29) is 11.6 Å². The molecule has 0 aliphatic rings. The van der Waals surface area contributed by atoms with Gasteiger partial charge in [0.15, 0.2) is 0 Å². The van der Waals surface area contributed by atoms with Crippen molar-refractivity contribution in [3.63, 3.8) is 0 Å². The van der Waals surface area contributed by atoms with Crippen molar-refractivity contribution in [3.8, 4) is 0 Å². The SMILES string of the molecule is OCc1c(F)cnc(CCl)c1C(F)F. The number of rotatable bonds is 3. The predicted octanol–water partition coefficient (Wildman–Crippen LogP) is 2.39. The third kappa shape index (κ3) is 1.99. The lowest BCUT2D eigenvalue weighted by atomic mass is 10.1. The molecule has 0 aliphatic carbocycles. The van der Waals surface area contributed by atoms with Gasteiger partial charge in [-0.3, -0.25) is 4.98 Å². The van der Waals surface area contributed by atoms with Crippen molar-refractivity contribution in [2.45, 2.75) is 18.9 Å². The standard InChI is InChI=1S/C8H7ClF3NO/c9-1-6-7(8(11)12)4(3-14)5(10)2-13-6/h2,8,14H,1,3H2. The molecule has 1 aromatic heterocycles. The second-order valence-corrected chi connectivity index (χ2v) is 2.80. The summed E-state index contributed by atoms with van der Waals surface area (Å²) >= 11 is 5.36. The highest BCUT2D eigenvalue weighted by atomic mass is 35.5. The molecule has 6 heteroatoms. The molecule has 0 spiro atoms. The van der Waals surface area contributed by atoms with Gasteiger partial charge in [-0.1, -0.05) is 0 Å². The molecule has 0 aliphatic heterocycles. The van der Waals surface area contributed by atoms with E-state index in [0.717, 1.165) is 6.20 Å². The van der Waals surface area contributed by atoms with Gasteiger partial charge in [-0.25, -0.2) is 13.2 Å². The molecule has 0 atom stereocenters. The van der Waals surface area contributed by atoms with Crippen molar-refractivity contribution in [1.29, 1.82) is 0 Å². The minimum absolute atomic E-state index is 0.105. The van der Waals surface area contributed by atoms with Crippen LogP contribution in [-0.4, -0.2) is 10.1 Å². The Kier molecular flexibility index (Phi) is 3.71. The number of aromatic nitrogens is 1. The molecule has 0 fully saturated rings. The summed E-state index contributed by atoms with van der Waals surface area (Å²) in [5.74, 6) is -1.19. The zero-order valence-corrected chi connectivity index (χ0v) is 7.73. The van der Waals surface area contributed by atoms with E-state index in [9.17, 15) is 13.2 Å². The summed E-state index contributed by atoms with van der Waals surface area (Å²) in [6.07, 6.45) is -2.12. The van der Waals surface area contributed by atoms with Gasteiger partial charge >= 0.3 is 0 Å². The molecule has 1 aromatic rings. The van der Waals surface area contributed by atoms with Gasteiger partial charge in [0.2, 0.25) is 0 Å². The molecule has 0 amide bonds. The van der Waals surface area contributed by atoms with Gasteiger partial charge in [-0.2, -0.15) is 0 Å². The lowest BCUT2D eigenvalue weighted by Gasteiger charge is -2.10. The minimum atomic E-state index is -2.89. The van der Waals surface area contributed by atoms with Crippen LogP contribution in [0.5, 0.6) is 0 Å². The Balaban J connectivity index is 3.36. The number of aliphatic hydroxyl groups is 1. The largest absolute Gasteiger partial charge is 0.392 e. The van der Waals surface area contributed by atoms with Crippen molar-refractivity contribution in [3.05, 3.63) is 28.8 Å². The van der Waals surface area contributed by atoms with Gasteiger partial charge in [0.25, 0.3) is 6.43 Å². The third-order valence-corrected chi connectivity index (χ3v) is 2.01. The van der Waals surface area contributed by atoms with Crippen LogP contribution in [0.1, 0.15) is 23.2 Å². The van der Waals surface area contributed by atoms with Gasteiger partial charge < -0.3 is 5.11 Å². The van der Waals surface area contributed by atoms with E-state index in [4.69, 9.17) is 16.7 Å². The number of nitrogens with zero attached hydrogens (tertiary/aromatic N) is 1. The molecule has 1 rings (SSSR count). The lowest BCUT2D eigenvalue weighted by Crippen LogP contribution is -2.05. The number of aliphatic hydroxyl groups excluding tert-OH is 1. The number of hydrogen-bond acceptors (Lipinski definition) is 2. The summed E-state index contributed by atoms with van der Waals surface area (Å²) in [5, 5.41) is 8.72. The third-order valence-electron chi connectivity index (χ3n) is 1.76. The molecule has 0 aromatic carbocycles. The van der Waals surface area contributed by atoms with E-state index >= 15 is 0 Å². The van der Waals surface area contributed by atoms with Crippen LogP contribution in [0.25, 0.3) is 0 Å². The molecule has 78 valence electrons. The molecular formula is C8H7ClF3NO. The molecule has 0 radical (unpaired) electrons. The maximum Gasteiger partial charge on any atom is 0.266 e. The van der Waals surface area contributed by atoms with E-state index in [1.807, 2.05) is 0 Å². The average Bonchev–Trinajstić information content (AvgIpc) is 2.17. The van der Waals surface area contributed by atoms with Crippen LogP contribution in [0.3, 0.4) is 0 Å². The summed E-state index contributed by atoms with van der Waals surface area (Å²) < 4.78 is 37.9. The zero-order chi connectivity index (χ0) is 10.7. The molecule has 0 saturated carbocycles. The Hall–Kier alpha value is -0.810. The van der Waals surface area contributed by atoms with Gasteiger partial charge in [0.1, 0.15) is 5.82 Å². The maximum atomic E-state index is 12.9. The van der Waals surface area contributed by atoms with Gasteiger partial charge in [-0.15, -0.1) is 11.6 Å². The van der Waals surface area contributed by atoms with E-state index in [2.05, 4.69) is 4.98 Å². The zero-order valence-electron chi connectivity index (χ0n) is 6.98. The van der Waals surface area contributed by atoms with Crippen LogP contribution in [0, 0.1) is 5.82 Å². The van der Waals surface area contributed by atoms with Gasteiger partial charge in [0.05, 0.1) is 24.4 Å². The highest BCUT2D eigenvalue weighted by molar-refractivity contribution is 6.17. The molecule has 2 nitrogen and oxygen atoms in total. The molecule has 14 heavy (non-hydrogen) atoms. The molecule has 0 bridgehead atoms. The number of halogens is 4. The predicted molar refractivity (Wildman–Crippen MR) is 44.6 cm³/mol. The first-order chi connectivity index (χ1) is 6.61. The Morgan fingerprint density at radius 2 is 2.14 bits per heavy atom. The smallest absolute Gasteiger partial charge is 0.266 e.